The second-order valence-electron chi connectivity index (χ2n) is 5.68. The van der Waals surface area contributed by atoms with E-state index in [1.807, 2.05) is 29.5 Å². The minimum atomic E-state index is 0.147. The van der Waals surface area contributed by atoms with Gasteiger partial charge in [0, 0.05) is 13.1 Å². The van der Waals surface area contributed by atoms with Crippen LogP contribution in [0.25, 0.3) is 10.8 Å². The van der Waals surface area contributed by atoms with Crippen molar-refractivity contribution in [2.75, 3.05) is 26.7 Å². The third kappa shape index (κ3) is 3.56. The molecule has 0 saturated carbocycles. The van der Waals surface area contributed by atoms with E-state index in [1.54, 1.807) is 17.6 Å². The molecular formula is C16H21N3O2S. The number of carbonyl (C=O) groups excluding carboxylic acids is 1. The van der Waals surface area contributed by atoms with E-state index in [4.69, 9.17) is 4.42 Å². The van der Waals surface area contributed by atoms with E-state index in [9.17, 15) is 4.79 Å². The van der Waals surface area contributed by atoms with Crippen molar-refractivity contribution in [3.05, 3.63) is 29.5 Å². The Balaban J connectivity index is 1.54. The van der Waals surface area contributed by atoms with Crippen LogP contribution in [0.5, 0.6) is 0 Å². The highest BCUT2D eigenvalue weighted by Crippen LogP contribution is 2.24. The Labute approximate surface area is 134 Å². The number of amides is 1. The number of hydrogen-bond acceptors (Lipinski definition) is 5. The zero-order valence-corrected chi connectivity index (χ0v) is 13.6. The molecule has 0 bridgehead atoms. The molecule has 1 fully saturated rings. The summed E-state index contributed by atoms with van der Waals surface area (Å²) < 4.78 is 5.47. The Bertz CT molecular complexity index is 601. The molecule has 1 amide bonds. The van der Waals surface area contributed by atoms with Gasteiger partial charge in [-0.25, -0.2) is 4.98 Å². The number of rotatable bonds is 5. The molecule has 1 aliphatic heterocycles. The average Bonchev–Trinajstić information content (AvgIpc) is 3.19. The van der Waals surface area contributed by atoms with Gasteiger partial charge >= 0.3 is 0 Å². The molecule has 3 rings (SSSR count). The molecule has 1 saturated heterocycles. The van der Waals surface area contributed by atoms with E-state index in [0.717, 1.165) is 37.4 Å². The predicted molar refractivity (Wildman–Crippen MR) is 86.8 cm³/mol. The van der Waals surface area contributed by atoms with Crippen LogP contribution in [0.2, 0.25) is 0 Å². The van der Waals surface area contributed by atoms with Gasteiger partial charge in [-0.2, -0.15) is 0 Å². The van der Waals surface area contributed by atoms with Gasteiger partial charge in [0.15, 0.2) is 0 Å². The smallest absolute Gasteiger partial charge is 0.236 e. The van der Waals surface area contributed by atoms with Crippen LogP contribution in [-0.2, 0) is 11.2 Å². The molecule has 22 heavy (non-hydrogen) atoms. The Hall–Kier alpha value is -1.66. The standard InChI is InChI=1S/C16H21N3O2S/c1-17-10-12-4-6-19(7-5-12)15(20)9-13-11-21-16(18-13)14-3-2-8-22-14/h2-3,8,11-12,17H,4-7,9-10H2,1H3. The van der Waals surface area contributed by atoms with Crippen molar-refractivity contribution in [1.29, 1.82) is 0 Å². The molecule has 0 spiro atoms. The third-order valence-electron chi connectivity index (χ3n) is 4.08. The summed E-state index contributed by atoms with van der Waals surface area (Å²) in [6, 6.07) is 3.93. The lowest BCUT2D eigenvalue weighted by atomic mass is 9.96. The van der Waals surface area contributed by atoms with E-state index in [-0.39, 0.29) is 5.91 Å². The molecule has 0 atom stereocenters. The first-order chi connectivity index (χ1) is 10.8. The molecule has 0 aromatic carbocycles. The lowest BCUT2D eigenvalue weighted by Gasteiger charge is -2.31. The number of oxazole rings is 1. The van der Waals surface area contributed by atoms with Gasteiger partial charge in [-0.3, -0.25) is 4.79 Å². The highest BCUT2D eigenvalue weighted by atomic mass is 32.1. The number of piperidine rings is 1. The third-order valence-corrected chi connectivity index (χ3v) is 4.93. The lowest BCUT2D eigenvalue weighted by molar-refractivity contribution is -0.131. The van der Waals surface area contributed by atoms with Crippen LogP contribution in [0.3, 0.4) is 0 Å². The molecule has 0 radical (unpaired) electrons. The summed E-state index contributed by atoms with van der Waals surface area (Å²) in [6.07, 6.45) is 4.07. The fourth-order valence-electron chi connectivity index (χ4n) is 2.84. The first-order valence-corrected chi connectivity index (χ1v) is 8.55. The van der Waals surface area contributed by atoms with E-state index < -0.39 is 0 Å². The maximum Gasteiger partial charge on any atom is 0.236 e. The number of thiophene rings is 1. The fourth-order valence-corrected chi connectivity index (χ4v) is 3.50. The van der Waals surface area contributed by atoms with E-state index in [0.29, 0.717) is 23.9 Å². The Morgan fingerprint density at radius 1 is 1.50 bits per heavy atom. The number of aromatic nitrogens is 1. The van der Waals surface area contributed by atoms with Crippen molar-refractivity contribution in [3.63, 3.8) is 0 Å². The normalized spacial score (nSPS) is 16.1. The summed E-state index contributed by atoms with van der Waals surface area (Å²) >= 11 is 1.58. The topological polar surface area (TPSA) is 58.4 Å². The second kappa shape index (κ2) is 7.07. The largest absolute Gasteiger partial charge is 0.444 e. The van der Waals surface area contributed by atoms with Crippen molar-refractivity contribution in [2.45, 2.75) is 19.3 Å². The zero-order chi connectivity index (χ0) is 15.4. The summed E-state index contributed by atoms with van der Waals surface area (Å²) in [7, 11) is 1.98. The van der Waals surface area contributed by atoms with Gasteiger partial charge in [0.05, 0.1) is 17.0 Å². The van der Waals surface area contributed by atoms with E-state index >= 15 is 0 Å². The van der Waals surface area contributed by atoms with Gasteiger partial charge in [0.2, 0.25) is 11.8 Å². The maximum atomic E-state index is 12.4. The van der Waals surface area contributed by atoms with Crippen LogP contribution in [0, 0.1) is 5.92 Å². The number of nitrogens with one attached hydrogen (secondary N) is 1. The van der Waals surface area contributed by atoms with Gasteiger partial charge in [-0.15, -0.1) is 11.3 Å². The zero-order valence-electron chi connectivity index (χ0n) is 12.7. The molecule has 1 N–H and O–H groups in total. The molecule has 118 valence electrons. The van der Waals surface area contributed by atoms with Crippen molar-refractivity contribution in [3.8, 4) is 10.8 Å². The van der Waals surface area contributed by atoms with E-state index in [2.05, 4.69) is 10.3 Å². The van der Waals surface area contributed by atoms with Crippen LogP contribution in [0.15, 0.2) is 28.2 Å². The molecule has 0 unspecified atom stereocenters. The van der Waals surface area contributed by atoms with Crippen molar-refractivity contribution >= 4 is 17.2 Å². The van der Waals surface area contributed by atoms with Crippen LogP contribution in [0.4, 0.5) is 0 Å². The van der Waals surface area contributed by atoms with Crippen molar-refractivity contribution in [2.24, 2.45) is 5.92 Å². The molecule has 2 aromatic heterocycles. The van der Waals surface area contributed by atoms with Crippen molar-refractivity contribution < 1.29 is 9.21 Å². The van der Waals surface area contributed by atoms with E-state index in [1.165, 1.54) is 0 Å². The molecule has 1 aliphatic rings. The number of hydrogen-bond donors (Lipinski definition) is 1. The van der Waals surface area contributed by atoms with Gasteiger partial charge in [0.1, 0.15) is 6.26 Å². The first kappa shape index (κ1) is 15.2. The molecule has 3 heterocycles. The first-order valence-electron chi connectivity index (χ1n) is 7.67. The molecular weight excluding hydrogens is 298 g/mol. The average molecular weight is 319 g/mol. The van der Waals surface area contributed by atoms with Crippen LogP contribution in [0.1, 0.15) is 18.5 Å². The quantitative estimate of drug-likeness (QED) is 0.919. The SMILES string of the molecule is CNCC1CCN(C(=O)Cc2coc(-c3cccs3)n2)CC1. The summed E-state index contributed by atoms with van der Waals surface area (Å²) in [5, 5.41) is 5.20. The van der Waals surface area contributed by atoms with Crippen LogP contribution >= 0.6 is 11.3 Å². The van der Waals surface area contributed by atoms with Gasteiger partial charge < -0.3 is 14.6 Å². The number of carbonyl (C=O) groups is 1. The van der Waals surface area contributed by atoms with Crippen LogP contribution < -0.4 is 5.32 Å². The Morgan fingerprint density at radius 2 is 2.32 bits per heavy atom. The van der Waals surface area contributed by atoms with Gasteiger partial charge in [-0.05, 0) is 43.8 Å². The monoisotopic (exact) mass is 319 g/mol. The fraction of sp³-hybridized carbons (Fsp3) is 0.500. The predicted octanol–water partition coefficient (Wildman–Crippen LogP) is 2.40. The Kier molecular flexibility index (Phi) is 4.90. The summed E-state index contributed by atoms with van der Waals surface area (Å²) in [5.41, 5.74) is 0.714. The summed E-state index contributed by atoms with van der Waals surface area (Å²) in [5.74, 6) is 1.44. The molecule has 0 aliphatic carbocycles. The highest BCUT2D eigenvalue weighted by molar-refractivity contribution is 7.13. The number of likely N-dealkylation sites (tertiary alicyclic amines) is 1. The summed E-state index contributed by atoms with van der Waals surface area (Å²) in [6.45, 7) is 2.73. The number of nitrogens with zero attached hydrogens (tertiary/aromatic N) is 2. The summed E-state index contributed by atoms with van der Waals surface area (Å²) in [4.78, 5) is 19.7. The lowest BCUT2D eigenvalue weighted by Crippen LogP contribution is -2.41. The maximum absolute atomic E-state index is 12.4. The minimum Gasteiger partial charge on any atom is -0.444 e. The molecule has 2 aromatic rings. The van der Waals surface area contributed by atoms with Crippen LogP contribution in [-0.4, -0.2) is 42.5 Å². The highest BCUT2D eigenvalue weighted by Gasteiger charge is 2.23. The van der Waals surface area contributed by atoms with Crippen molar-refractivity contribution in [1.82, 2.24) is 15.2 Å². The van der Waals surface area contributed by atoms with Gasteiger partial charge in [0.25, 0.3) is 0 Å². The molecule has 5 nitrogen and oxygen atoms in total. The molecule has 6 heteroatoms. The van der Waals surface area contributed by atoms with Gasteiger partial charge in [-0.1, -0.05) is 6.07 Å². The second-order valence-corrected chi connectivity index (χ2v) is 6.63. The Morgan fingerprint density at radius 3 is 3.00 bits per heavy atom. The minimum absolute atomic E-state index is 0.147.